The smallest absolute Gasteiger partial charge is 0.306 e. The molecule has 0 saturated carbocycles. The summed E-state index contributed by atoms with van der Waals surface area (Å²) in [7, 11) is 0. The Bertz CT molecular complexity index is 996. The van der Waals surface area contributed by atoms with Gasteiger partial charge in [-0.15, -0.1) is 0 Å². The van der Waals surface area contributed by atoms with Crippen LogP contribution in [0.3, 0.4) is 0 Å². The first-order chi connectivity index (χ1) is 16.1. The van der Waals surface area contributed by atoms with Gasteiger partial charge in [0.2, 0.25) is 0 Å². The molecule has 1 N–H and O–H groups in total. The molecule has 0 atom stereocenters. The molecule has 0 aromatic heterocycles. The number of hydrogen-bond donors (Lipinski definition) is 1. The number of ketones is 1. The summed E-state index contributed by atoms with van der Waals surface area (Å²) in [6, 6.07) is 13.4. The molecule has 7 heteroatoms. The fourth-order valence-electron chi connectivity index (χ4n) is 4.26. The Hall–Kier alpha value is -3.19. The number of nitrogens with zero attached hydrogens (tertiary/aromatic N) is 1. The second-order valence-electron chi connectivity index (χ2n) is 8.47. The van der Waals surface area contributed by atoms with Crippen LogP contribution >= 0.6 is 0 Å². The predicted octanol–water partition coefficient (Wildman–Crippen LogP) is 3.55. The van der Waals surface area contributed by atoms with Crippen LogP contribution in [0.4, 0.5) is 11.4 Å². The summed E-state index contributed by atoms with van der Waals surface area (Å²) in [4.78, 5) is 38.8. The van der Waals surface area contributed by atoms with E-state index in [-0.39, 0.29) is 25.2 Å². The number of anilines is 2. The van der Waals surface area contributed by atoms with Crippen molar-refractivity contribution in [1.82, 2.24) is 0 Å². The average molecular weight is 451 g/mol. The maximum Gasteiger partial charge on any atom is 0.306 e. The van der Waals surface area contributed by atoms with Crippen molar-refractivity contribution in [2.45, 2.75) is 38.5 Å². The van der Waals surface area contributed by atoms with Gasteiger partial charge in [-0.1, -0.05) is 12.1 Å². The summed E-state index contributed by atoms with van der Waals surface area (Å²) in [5, 5.41) is 2.72. The van der Waals surface area contributed by atoms with Gasteiger partial charge in [-0.05, 0) is 67.1 Å². The van der Waals surface area contributed by atoms with Crippen LogP contribution in [-0.2, 0) is 31.9 Å². The number of hydrogen-bond acceptors (Lipinski definition) is 6. The van der Waals surface area contributed by atoms with Gasteiger partial charge in [-0.3, -0.25) is 14.4 Å². The minimum absolute atomic E-state index is 0.0442. The third kappa shape index (κ3) is 6.42. The fraction of sp³-hybridized carbons (Fsp3) is 0.423. The van der Waals surface area contributed by atoms with Crippen molar-refractivity contribution in [2.24, 2.45) is 0 Å². The third-order valence-corrected chi connectivity index (χ3v) is 6.12. The molecule has 1 amide bonds. The zero-order valence-corrected chi connectivity index (χ0v) is 18.8. The van der Waals surface area contributed by atoms with E-state index in [0.29, 0.717) is 24.5 Å². The molecular weight excluding hydrogens is 420 g/mol. The van der Waals surface area contributed by atoms with Crippen molar-refractivity contribution < 1.29 is 23.9 Å². The molecule has 0 bridgehead atoms. The van der Waals surface area contributed by atoms with E-state index < -0.39 is 11.9 Å². The first-order valence-corrected chi connectivity index (χ1v) is 11.6. The van der Waals surface area contributed by atoms with Crippen molar-refractivity contribution in [2.75, 3.05) is 43.1 Å². The number of morpholine rings is 1. The highest BCUT2D eigenvalue weighted by atomic mass is 16.5. The number of ether oxygens (including phenoxy) is 2. The monoisotopic (exact) mass is 450 g/mol. The average Bonchev–Trinajstić information content (AvgIpc) is 2.86. The van der Waals surface area contributed by atoms with Crippen LogP contribution in [0.1, 0.15) is 47.2 Å². The quantitative estimate of drug-likeness (QED) is 0.489. The first kappa shape index (κ1) is 23.0. The zero-order valence-electron chi connectivity index (χ0n) is 18.8. The number of benzene rings is 2. The predicted molar refractivity (Wildman–Crippen MR) is 126 cm³/mol. The third-order valence-electron chi connectivity index (χ3n) is 6.12. The molecule has 4 rings (SSSR count). The molecule has 2 aliphatic rings. The number of esters is 1. The Labute approximate surface area is 194 Å². The van der Waals surface area contributed by atoms with Crippen LogP contribution in [0.15, 0.2) is 42.5 Å². The van der Waals surface area contributed by atoms with E-state index in [4.69, 9.17) is 9.47 Å². The van der Waals surface area contributed by atoms with E-state index in [1.165, 1.54) is 17.5 Å². The molecule has 1 heterocycles. The summed E-state index contributed by atoms with van der Waals surface area (Å²) < 4.78 is 10.4. The lowest BCUT2D eigenvalue weighted by atomic mass is 9.89. The van der Waals surface area contributed by atoms with Crippen molar-refractivity contribution >= 4 is 29.0 Å². The van der Waals surface area contributed by atoms with Gasteiger partial charge < -0.3 is 19.7 Å². The molecule has 0 radical (unpaired) electrons. The number of nitrogens with one attached hydrogen (secondary N) is 1. The van der Waals surface area contributed by atoms with Gasteiger partial charge >= 0.3 is 5.97 Å². The van der Waals surface area contributed by atoms with Crippen molar-refractivity contribution in [1.29, 1.82) is 0 Å². The molecule has 7 nitrogen and oxygen atoms in total. The highest BCUT2D eigenvalue weighted by molar-refractivity contribution is 5.98. The molecule has 1 saturated heterocycles. The minimum atomic E-state index is -0.556. The van der Waals surface area contributed by atoms with Crippen LogP contribution in [-0.4, -0.2) is 50.6 Å². The Morgan fingerprint density at radius 1 is 0.909 bits per heavy atom. The zero-order chi connectivity index (χ0) is 23.0. The van der Waals surface area contributed by atoms with Gasteiger partial charge in [0.25, 0.3) is 5.91 Å². The number of aryl methyl sites for hydroxylation is 2. The number of carbonyl (C=O) groups excluding carboxylic acids is 3. The summed E-state index contributed by atoms with van der Waals surface area (Å²) in [6.45, 7) is 2.73. The summed E-state index contributed by atoms with van der Waals surface area (Å²) in [6.07, 6.45) is 4.44. The lowest BCUT2D eigenvalue weighted by Crippen LogP contribution is -2.36. The standard InChI is InChI=1S/C26H30N2O5/c29-24(21-6-5-19-3-1-2-4-20(19)17-21)11-12-26(31)33-18-25(30)27-22-7-9-23(10-8-22)28-13-15-32-16-14-28/h5-10,17H,1-4,11-16,18H2,(H,27,30). The van der Waals surface area contributed by atoms with Crippen LogP contribution in [0.2, 0.25) is 0 Å². The normalized spacial score (nSPS) is 15.5. The van der Waals surface area contributed by atoms with Crippen molar-refractivity contribution in [3.63, 3.8) is 0 Å². The first-order valence-electron chi connectivity index (χ1n) is 11.6. The second kappa shape index (κ2) is 11.1. The molecule has 0 unspecified atom stereocenters. The van der Waals surface area contributed by atoms with E-state index in [2.05, 4.69) is 10.2 Å². The molecule has 174 valence electrons. The molecular formula is C26H30N2O5. The minimum Gasteiger partial charge on any atom is -0.456 e. The fourth-order valence-corrected chi connectivity index (χ4v) is 4.26. The van der Waals surface area contributed by atoms with Crippen molar-refractivity contribution in [3.05, 3.63) is 59.2 Å². The van der Waals surface area contributed by atoms with Gasteiger partial charge in [0.1, 0.15) is 0 Å². The Morgan fingerprint density at radius 2 is 1.64 bits per heavy atom. The van der Waals surface area contributed by atoms with Crippen LogP contribution in [0.25, 0.3) is 0 Å². The maximum atomic E-state index is 12.5. The Kier molecular flexibility index (Phi) is 7.73. The molecule has 2 aromatic carbocycles. The number of amides is 1. The second-order valence-corrected chi connectivity index (χ2v) is 8.47. The highest BCUT2D eigenvalue weighted by Gasteiger charge is 2.16. The van der Waals surface area contributed by atoms with Crippen LogP contribution in [0, 0.1) is 0 Å². The molecule has 1 fully saturated rings. The van der Waals surface area contributed by atoms with Gasteiger partial charge in [0.15, 0.2) is 12.4 Å². The van der Waals surface area contributed by atoms with Gasteiger partial charge in [-0.25, -0.2) is 0 Å². The van der Waals surface area contributed by atoms with Crippen LogP contribution < -0.4 is 10.2 Å². The van der Waals surface area contributed by atoms with E-state index in [9.17, 15) is 14.4 Å². The topological polar surface area (TPSA) is 84.9 Å². The SMILES string of the molecule is O=C(COC(=O)CCC(=O)c1ccc2c(c1)CCCC2)Nc1ccc(N2CCOCC2)cc1. The summed E-state index contributed by atoms with van der Waals surface area (Å²) in [5.41, 5.74) is 4.91. The summed E-state index contributed by atoms with van der Waals surface area (Å²) >= 11 is 0. The molecule has 1 aliphatic heterocycles. The lowest BCUT2D eigenvalue weighted by molar-refractivity contribution is -0.147. The van der Waals surface area contributed by atoms with Gasteiger partial charge in [-0.2, -0.15) is 0 Å². The van der Waals surface area contributed by atoms with Crippen molar-refractivity contribution in [3.8, 4) is 0 Å². The summed E-state index contributed by atoms with van der Waals surface area (Å²) in [5.74, 6) is -1.05. The maximum absolute atomic E-state index is 12.5. The Morgan fingerprint density at radius 3 is 2.39 bits per heavy atom. The van der Waals surface area contributed by atoms with E-state index in [0.717, 1.165) is 38.0 Å². The molecule has 2 aromatic rings. The molecule has 0 spiro atoms. The van der Waals surface area contributed by atoms with E-state index in [1.807, 2.05) is 42.5 Å². The molecule has 1 aliphatic carbocycles. The lowest BCUT2D eigenvalue weighted by Gasteiger charge is -2.28. The van der Waals surface area contributed by atoms with E-state index in [1.54, 1.807) is 0 Å². The van der Waals surface area contributed by atoms with Gasteiger partial charge in [0, 0.05) is 36.4 Å². The van der Waals surface area contributed by atoms with E-state index >= 15 is 0 Å². The number of Topliss-reactive ketones (excluding diaryl/α,β-unsaturated/α-hetero) is 1. The largest absolute Gasteiger partial charge is 0.456 e. The number of fused-ring (bicyclic) bond motifs is 1. The Balaban J connectivity index is 1.18. The van der Waals surface area contributed by atoms with Gasteiger partial charge in [0.05, 0.1) is 19.6 Å². The van der Waals surface area contributed by atoms with Crippen LogP contribution in [0.5, 0.6) is 0 Å². The molecule has 33 heavy (non-hydrogen) atoms. The number of carbonyl (C=O) groups is 3. The highest BCUT2D eigenvalue weighted by Crippen LogP contribution is 2.23. The number of rotatable bonds is 8.